The van der Waals surface area contributed by atoms with Gasteiger partial charge in [0.2, 0.25) is 5.91 Å². The van der Waals surface area contributed by atoms with E-state index in [1.165, 1.54) is 0 Å². The van der Waals surface area contributed by atoms with Crippen LogP contribution in [0.3, 0.4) is 0 Å². The summed E-state index contributed by atoms with van der Waals surface area (Å²) < 4.78 is 11.4. The smallest absolute Gasteiger partial charge is 0.235 e. The predicted molar refractivity (Wildman–Crippen MR) is 107 cm³/mol. The van der Waals surface area contributed by atoms with Crippen LogP contribution in [0.4, 0.5) is 5.69 Å². The lowest BCUT2D eigenvalue weighted by molar-refractivity contribution is -0.121. The van der Waals surface area contributed by atoms with Crippen molar-refractivity contribution in [2.24, 2.45) is 0 Å². The number of benzene rings is 1. The van der Waals surface area contributed by atoms with Gasteiger partial charge >= 0.3 is 0 Å². The molecular formula is C22H27N3O3. The van der Waals surface area contributed by atoms with Gasteiger partial charge < -0.3 is 14.8 Å². The molecule has 1 aromatic carbocycles. The average molecular weight is 381 g/mol. The second-order valence-electron chi connectivity index (χ2n) is 8.65. The summed E-state index contributed by atoms with van der Waals surface area (Å²) in [5, 5.41) is 3.05. The van der Waals surface area contributed by atoms with Crippen molar-refractivity contribution < 1.29 is 14.3 Å². The van der Waals surface area contributed by atoms with Crippen molar-refractivity contribution in [2.45, 2.75) is 57.3 Å². The molecule has 6 heteroatoms. The van der Waals surface area contributed by atoms with Crippen LogP contribution in [0.2, 0.25) is 0 Å². The van der Waals surface area contributed by atoms with Gasteiger partial charge in [0.25, 0.3) is 0 Å². The fraction of sp³-hybridized carbons (Fsp3) is 0.500. The molecule has 0 spiro atoms. The number of nitrogens with one attached hydrogen (secondary N) is 1. The van der Waals surface area contributed by atoms with Gasteiger partial charge in [-0.2, -0.15) is 0 Å². The van der Waals surface area contributed by atoms with E-state index in [2.05, 4.69) is 36.1 Å². The second kappa shape index (κ2) is 7.08. The first kappa shape index (κ1) is 18.7. The van der Waals surface area contributed by atoms with Crippen molar-refractivity contribution in [3.8, 4) is 11.5 Å². The predicted octanol–water partition coefficient (Wildman–Crippen LogP) is 4.00. The Bertz CT molecular complexity index is 866. The van der Waals surface area contributed by atoms with Gasteiger partial charge in [-0.3, -0.25) is 4.79 Å². The van der Waals surface area contributed by atoms with Crippen molar-refractivity contribution in [3.63, 3.8) is 0 Å². The van der Waals surface area contributed by atoms with E-state index in [0.717, 1.165) is 48.6 Å². The van der Waals surface area contributed by atoms with Crippen molar-refractivity contribution in [1.82, 2.24) is 9.97 Å². The molecule has 1 aliphatic carbocycles. The number of hydrogen-bond donors (Lipinski definition) is 1. The summed E-state index contributed by atoms with van der Waals surface area (Å²) in [5.74, 6) is 2.22. The molecule has 2 heterocycles. The third kappa shape index (κ3) is 3.43. The minimum absolute atomic E-state index is 0.00575. The zero-order valence-electron chi connectivity index (χ0n) is 16.7. The van der Waals surface area contributed by atoms with E-state index in [-0.39, 0.29) is 11.3 Å². The molecular weight excluding hydrogens is 354 g/mol. The molecule has 1 N–H and O–H groups in total. The Kier molecular flexibility index (Phi) is 4.73. The van der Waals surface area contributed by atoms with Crippen LogP contribution < -0.4 is 14.8 Å². The minimum atomic E-state index is -0.557. The molecule has 2 aliphatic rings. The number of hydrogen-bond acceptors (Lipinski definition) is 5. The standard InChI is InChI=1S/C22H27N3O3/c1-21(2,3)19-23-13-16(14-24-19)25-20(26)22(8-4-5-9-22)15-6-7-17-18(12-15)28-11-10-27-17/h6-7,12-14H,4-5,8-11H2,1-3H3,(H,25,26). The Morgan fingerprint density at radius 3 is 2.32 bits per heavy atom. The highest BCUT2D eigenvalue weighted by Gasteiger charge is 2.43. The van der Waals surface area contributed by atoms with E-state index in [1.54, 1.807) is 12.4 Å². The van der Waals surface area contributed by atoms with Crippen LogP contribution in [0, 0.1) is 0 Å². The number of amides is 1. The first-order valence-corrected chi connectivity index (χ1v) is 9.93. The third-order valence-corrected chi connectivity index (χ3v) is 5.57. The lowest BCUT2D eigenvalue weighted by Gasteiger charge is -2.30. The summed E-state index contributed by atoms with van der Waals surface area (Å²) in [5.41, 5.74) is 0.930. The summed E-state index contributed by atoms with van der Waals surface area (Å²) in [6, 6.07) is 5.88. The number of ether oxygens (including phenoxy) is 2. The number of rotatable bonds is 3. The quantitative estimate of drug-likeness (QED) is 0.870. The summed E-state index contributed by atoms with van der Waals surface area (Å²) >= 11 is 0. The Morgan fingerprint density at radius 1 is 1.04 bits per heavy atom. The molecule has 4 rings (SSSR count). The monoisotopic (exact) mass is 381 g/mol. The van der Waals surface area contributed by atoms with Crippen LogP contribution in [0.5, 0.6) is 11.5 Å². The first-order valence-electron chi connectivity index (χ1n) is 9.93. The highest BCUT2D eigenvalue weighted by molar-refractivity contribution is 5.99. The maximum Gasteiger partial charge on any atom is 0.235 e. The third-order valence-electron chi connectivity index (χ3n) is 5.57. The molecule has 0 atom stereocenters. The number of nitrogens with zero attached hydrogens (tertiary/aromatic N) is 2. The van der Waals surface area contributed by atoms with E-state index < -0.39 is 5.41 Å². The molecule has 1 amide bonds. The van der Waals surface area contributed by atoms with Crippen LogP contribution in [-0.4, -0.2) is 29.1 Å². The maximum absolute atomic E-state index is 13.3. The number of fused-ring (bicyclic) bond motifs is 1. The van der Waals surface area contributed by atoms with Crippen LogP contribution in [0.25, 0.3) is 0 Å². The molecule has 2 aromatic rings. The molecule has 1 fully saturated rings. The lowest BCUT2D eigenvalue weighted by Crippen LogP contribution is -2.38. The van der Waals surface area contributed by atoms with Gasteiger partial charge in [-0.15, -0.1) is 0 Å². The van der Waals surface area contributed by atoms with E-state index >= 15 is 0 Å². The highest BCUT2D eigenvalue weighted by Crippen LogP contribution is 2.45. The summed E-state index contributed by atoms with van der Waals surface area (Å²) in [4.78, 5) is 22.2. The topological polar surface area (TPSA) is 73.3 Å². The van der Waals surface area contributed by atoms with Crippen molar-refractivity contribution in [1.29, 1.82) is 0 Å². The molecule has 0 bridgehead atoms. The Labute approximate surface area is 165 Å². The van der Waals surface area contributed by atoms with Crippen molar-refractivity contribution in [2.75, 3.05) is 18.5 Å². The number of carbonyl (C=O) groups is 1. The average Bonchev–Trinajstić information content (AvgIpc) is 3.18. The van der Waals surface area contributed by atoms with Crippen LogP contribution in [0.15, 0.2) is 30.6 Å². The van der Waals surface area contributed by atoms with Gasteiger partial charge in [0.05, 0.1) is 23.5 Å². The fourth-order valence-electron chi connectivity index (χ4n) is 4.00. The molecule has 1 aromatic heterocycles. The molecule has 1 saturated carbocycles. The zero-order valence-corrected chi connectivity index (χ0v) is 16.7. The van der Waals surface area contributed by atoms with Crippen LogP contribution in [0.1, 0.15) is 57.8 Å². The largest absolute Gasteiger partial charge is 0.486 e. The molecule has 1 aliphatic heterocycles. The number of aromatic nitrogens is 2. The Morgan fingerprint density at radius 2 is 1.68 bits per heavy atom. The van der Waals surface area contributed by atoms with E-state index in [0.29, 0.717) is 18.9 Å². The Hall–Kier alpha value is -2.63. The van der Waals surface area contributed by atoms with Gasteiger partial charge in [0.1, 0.15) is 19.0 Å². The fourth-order valence-corrected chi connectivity index (χ4v) is 4.00. The number of carbonyl (C=O) groups excluding carboxylic acids is 1. The normalized spacial score (nSPS) is 18.0. The second-order valence-corrected chi connectivity index (χ2v) is 8.65. The molecule has 28 heavy (non-hydrogen) atoms. The lowest BCUT2D eigenvalue weighted by atomic mass is 9.77. The van der Waals surface area contributed by atoms with Gasteiger partial charge in [-0.05, 0) is 30.5 Å². The van der Waals surface area contributed by atoms with Crippen molar-refractivity contribution >= 4 is 11.6 Å². The summed E-state index contributed by atoms with van der Waals surface area (Å²) in [6.07, 6.45) is 7.08. The maximum atomic E-state index is 13.3. The van der Waals surface area contributed by atoms with Crippen LogP contribution >= 0.6 is 0 Å². The van der Waals surface area contributed by atoms with Gasteiger partial charge in [0.15, 0.2) is 11.5 Å². The van der Waals surface area contributed by atoms with Gasteiger partial charge in [-0.25, -0.2) is 9.97 Å². The van der Waals surface area contributed by atoms with Gasteiger partial charge in [0, 0.05) is 5.41 Å². The molecule has 148 valence electrons. The Balaban J connectivity index is 1.60. The number of anilines is 1. The SMILES string of the molecule is CC(C)(C)c1ncc(NC(=O)C2(c3ccc4c(c3)OCCO4)CCCC2)cn1. The highest BCUT2D eigenvalue weighted by atomic mass is 16.6. The zero-order chi connectivity index (χ0) is 19.8. The first-order chi connectivity index (χ1) is 13.4. The summed E-state index contributed by atoms with van der Waals surface area (Å²) in [6.45, 7) is 7.29. The molecule has 0 unspecified atom stereocenters. The summed E-state index contributed by atoms with van der Waals surface area (Å²) in [7, 11) is 0. The molecule has 0 saturated heterocycles. The minimum Gasteiger partial charge on any atom is -0.486 e. The van der Waals surface area contributed by atoms with E-state index in [4.69, 9.17) is 9.47 Å². The van der Waals surface area contributed by atoms with Crippen molar-refractivity contribution in [3.05, 3.63) is 42.0 Å². The van der Waals surface area contributed by atoms with E-state index in [9.17, 15) is 4.79 Å². The van der Waals surface area contributed by atoms with Crippen LogP contribution in [-0.2, 0) is 15.6 Å². The molecule has 0 radical (unpaired) electrons. The molecule has 6 nitrogen and oxygen atoms in total. The van der Waals surface area contributed by atoms with E-state index in [1.807, 2.05) is 18.2 Å². The van der Waals surface area contributed by atoms with Gasteiger partial charge in [-0.1, -0.05) is 39.7 Å².